The van der Waals surface area contributed by atoms with E-state index in [-0.39, 0.29) is 0 Å². The van der Waals surface area contributed by atoms with Crippen molar-refractivity contribution in [2.24, 2.45) is 0 Å². The van der Waals surface area contributed by atoms with Crippen LogP contribution in [-0.2, 0) is 13.0 Å². The second kappa shape index (κ2) is 10.6. The van der Waals surface area contributed by atoms with Gasteiger partial charge in [-0.1, -0.05) is 78.3 Å². The number of imidazole rings is 1. The van der Waals surface area contributed by atoms with Gasteiger partial charge in [-0.25, -0.2) is 4.98 Å². The highest BCUT2D eigenvalue weighted by molar-refractivity contribution is 6.30. The van der Waals surface area contributed by atoms with Crippen LogP contribution in [0.1, 0.15) is 24.2 Å². The van der Waals surface area contributed by atoms with E-state index in [0.29, 0.717) is 6.61 Å². The average Bonchev–Trinajstić information content (AvgIpc) is 3.23. The van der Waals surface area contributed by atoms with Crippen LogP contribution in [-0.4, -0.2) is 16.2 Å². The highest BCUT2D eigenvalue weighted by Crippen LogP contribution is 2.23. The van der Waals surface area contributed by atoms with Gasteiger partial charge in [-0.3, -0.25) is 0 Å². The smallest absolute Gasteiger partial charge is 0.119 e. The van der Waals surface area contributed by atoms with Crippen LogP contribution >= 0.6 is 11.6 Å². The molecule has 0 spiro atoms. The summed E-state index contributed by atoms with van der Waals surface area (Å²) in [6, 6.07) is 35.2. The van der Waals surface area contributed by atoms with Crippen molar-refractivity contribution in [2.45, 2.75) is 25.8 Å². The number of hydrogen-bond acceptors (Lipinski definition) is 2. The summed E-state index contributed by atoms with van der Waals surface area (Å²) >= 11 is 5.94. The quantitative estimate of drug-likeness (QED) is 0.207. The van der Waals surface area contributed by atoms with Crippen LogP contribution in [0.2, 0.25) is 5.02 Å². The molecule has 1 aromatic heterocycles. The Labute approximate surface area is 205 Å². The molecule has 0 saturated carbocycles. The van der Waals surface area contributed by atoms with Crippen LogP contribution in [0.25, 0.3) is 22.2 Å². The van der Waals surface area contributed by atoms with E-state index in [9.17, 15) is 0 Å². The lowest BCUT2D eigenvalue weighted by Crippen LogP contribution is -2.07. The predicted molar refractivity (Wildman–Crippen MR) is 141 cm³/mol. The number of aryl methyl sites for hydroxylation is 1. The summed E-state index contributed by atoms with van der Waals surface area (Å²) in [5.41, 5.74) is 5.98. The number of ether oxygens (including phenoxy) is 1. The molecule has 5 rings (SSSR count). The number of halogens is 1. The average molecular weight is 467 g/mol. The number of nitrogens with zero attached hydrogens (tertiary/aromatic N) is 2. The molecule has 0 N–H and O–H groups in total. The molecule has 1 heterocycles. The minimum atomic E-state index is 0.685. The second-order valence-electron chi connectivity index (χ2n) is 8.42. The van der Waals surface area contributed by atoms with E-state index in [1.807, 2.05) is 30.3 Å². The van der Waals surface area contributed by atoms with Crippen LogP contribution in [0.5, 0.6) is 5.75 Å². The molecule has 5 aromatic rings. The van der Waals surface area contributed by atoms with Gasteiger partial charge in [-0.2, -0.15) is 0 Å². The summed E-state index contributed by atoms with van der Waals surface area (Å²) in [5, 5.41) is 0.724. The molecule has 170 valence electrons. The van der Waals surface area contributed by atoms with Gasteiger partial charge in [-0.05, 0) is 65.9 Å². The van der Waals surface area contributed by atoms with Crippen molar-refractivity contribution in [3.8, 4) is 16.9 Å². The molecule has 4 aromatic carbocycles. The number of aromatic nitrogens is 2. The molecule has 0 radical (unpaired) electrons. The Morgan fingerprint density at radius 2 is 1.41 bits per heavy atom. The SMILES string of the molecule is Clc1ccc(OCCCCn2c(Cc3ccc(-c4ccccc4)cc3)nc3ccccc32)cc1. The summed E-state index contributed by atoms with van der Waals surface area (Å²) in [4.78, 5) is 4.96. The van der Waals surface area contributed by atoms with Gasteiger partial charge in [0, 0.05) is 18.0 Å². The van der Waals surface area contributed by atoms with Crippen LogP contribution in [0, 0.1) is 0 Å². The first-order chi connectivity index (χ1) is 16.8. The minimum absolute atomic E-state index is 0.685. The Kier molecular flexibility index (Phi) is 6.92. The lowest BCUT2D eigenvalue weighted by atomic mass is 10.0. The molecule has 0 saturated heterocycles. The summed E-state index contributed by atoms with van der Waals surface area (Å²) in [7, 11) is 0. The van der Waals surface area contributed by atoms with Crippen LogP contribution in [0.15, 0.2) is 103 Å². The molecule has 0 atom stereocenters. The Balaban J connectivity index is 1.26. The first-order valence-electron chi connectivity index (χ1n) is 11.7. The second-order valence-corrected chi connectivity index (χ2v) is 8.85. The molecule has 0 aliphatic rings. The van der Waals surface area contributed by atoms with Crippen LogP contribution in [0.3, 0.4) is 0 Å². The zero-order valence-corrected chi connectivity index (χ0v) is 19.8. The highest BCUT2D eigenvalue weighted by Gasteiger charge is 2.11. The van der Waals surface area contributed by atoms with Crippen molar-refractivity contribution >= 4 is 22.6 Å². The lowest BCUT2D eigenvalue weighted by Gasteiger charge is -2.11. The van der Waals surface area contributed by atoms with Gasteiger partial charge in [0.15, 0.2) is 0 Å². The summed E-state index contributed by atoms with van der Waals surface area (Å²) in [6.07, 6.45) is 2.80. The number of unbranched alkanes of at least 4 members (excludes halogenated alkanes) is 1. The van der Waals surface area contributed by atoms with Crippen molar-refractivity contribution in [1.29, 1.82) is 0 Å². The fourth-order valence-corrected chi connectivity index (χ4v) is 4.36. The van der Waals surface area contributed by atoms with Crippen LogP contribution in [0.4, 0.5) is 0 Å². The van der Waals surface area contributed by atoms with Gasteiger partial charge < -0.3 is 9.30 Å². The summed E-state index contributed by atoms with van der Waals surface area (Å²) < 4.78 is 8.22. The zero-order chi connectivity index (χ0) is 23.2. The van der Waals surface area contributed by atoms with Crippen molar-refractivity contribution in [3.05, 3.63) is 120 Å². The van der Waals surface area contributed by atoms with E-state index in [1.54, 1.807) is 0 Å². The molecule has 0 aliphatic carbocycles. The maximum atomic E-state index is 5.94. The Morgan fingerprint density at radius 3 is 2.21 bits per heavy atom. The first-order valence-corrected chi connectivity index (χ1v) is 12.1. The Bertz CT molecular complexity index is 1340. The maximum absolute atomic E-state index is 5.94. The van der Waals surface area contributed by atoms with E-state index in [0.717, 1.165) is 47.9 Å². The van der Waals surface area contributed by atoms with E-state index < -0.39 is 0 Å². The number of fused-ring (bicyclic) bond motifs is 1. The molecule has 3 nitrogen and oxygen atoms in total. The molecule has 0 unspecified atom stereocenters. The number of para-hydroxylation sites is 2. The van der Waals surface area contributed by atoms with Crippen molar-refractivity contribution in [1.82, 2.24) is 9.55 Å². The maximum Gasteiger partial charge on any atom is 0.119 e. The van der Waals surface area contributed by atoms with Crippen molar-refractivity contribution < 1.29 is 4.74 Å². The molecule has 0 bridgehead atoms. The van der Waals surface area contributed by atoms with Gasteiger partial charge in [0.25, 0.3) is 0 Å². The highest BCUT2D eigenvalue weighted by atomic mass is 35.5. The molecular weight excluding hydrogens is 440 g/mol. The predicted octanol–water partition coefficient (Wildman–Crippen LogP) is 7.81. The molecule has 4 heteroatoms. The van der Waals surface area contributed by atoms with Gasteiger partial charge in [0.05, 0.1) is 17.6 Å². The normalized spacial score (nSPS) is 11.1. The molecule has 0 aliphatic heterocycles. The molecule has 34 heavy (non-hydrogen) atoms. The van der Waals surface area contributed by atoms with Gasteiger partial charge in [0.2, 0.25) is 0 Å². The van der Waals surface area contributed by atoms with Crippen molar-refractivity contribution in [2.75, 3.05) is 6.61 Å². The fraction of sp³-hybridized carbons (Fsp3) is 0.167. The van der Waals surface area contributed by atoms with E-state index in [2.05, 4.69) is 77.4 Å². The Morgan fingerprint density at radius 1 is 0.706 bits per heavy atom. The summed E-state index contributed by atoms with van der Waals surface area (Å²) in [5.74, 6) is 1.96. The standard InChI is InChI=1S/C30H27ClN2O/c31-26-16-18-27(19-17-26)34-21-7-6-20-33-29-11-5-4-10-28(29)32-30(33)22-23-12-14-25(15-13-23)24-8-2-1-3-9-24/h1-5,8-19H,6-7,20-22H2. The van der Waals surface area contributed by atoms with Gasteiger partial charge in [-0.15, -0.1) is 0 Å². The molecule has 0 fully saturated rings. The largest absolute Gasteiger partial charge is 0.494 e. The van der Waals surface area contributed by atoms with Gasteiger partial charge in [0.1, 0.15) is 11.6 Å². The zero-order valence-electron chi connectivity index (χ0n) is 19.0. The number of hydrogen-bond donors (Lipinski definition) is 0. The first kappa shape index (κ1) is 22.2. The van der Waals surface area contributed by atoms with E-state index >= 15 is 0 Å². The Hall–Kier alpha value is -3.56. The van der Waals surface area contributed by atoms with E-state index in [1.165, 1.54) is 22.2 Å². The number of rotatable bonds is 9. The van der Waals surface area contributed by atoms with Crippen molar-refractivity contribution in [3.63, 3.8) is 0 Å². The molecular formula is C30H27ClN2O. The molecule has 0 amide bonds. The fourth-order valence-electron chi connectivity index (χ4n) is 4.23. The monoisotopic (exact) mass is 466 g/mol. The third-order valence-corrected chi connectivity index (χ3v) is 6.27. The summed E-state index contributed by atoms with van der Waals surface area (Å²) in [6.45, 7) is 1.60. The minimum Gasteiger partial charge on any atom is -0.494 e. The number of benzene rings is 4. The van der Waals surface area contributed by atoms with Crippen LogP contribution < -0.4 is 4.74 Å². The van der Waals surface area contributed by atoms with E-state index in [4.69, 9.17) is 21.3 Å². The topological polar surface area (TPSA) is 27.1 Å². The third kappa shape index (κ3) is 5.32. The van der Waals surface area contributed by atoms with Gasteiger partial charge >= 0.3 is 0 Å². The lowest BCUT2D eigenvalue weighted by molar-refractivity contribution is 0.303. The third-order valence-electron chi connectivity index (χ3n) is 6.02.